The molecule has 0 aromatic heterocycles. The lowest BCUT2D eigenvalue weighted by Crippen LogP contribution is -2.24. The topological polar surface area (TPSA) is 95.6 Å². The van der Waals surface area contributed by atoms with Crippen LogP contribution >= 0.6 is 0 Å². The molecule has 0 aliphatic carbocycles. The van der Waals surface area contributed by atoms with Gasteiger partial charge in [0.1, 0.15) is 0 Å². The van der Waals surface area contributed by atoms with E-state index in [0.29, 0.717) is 12.2 Å². The lowest BCUT2D eigenvalue weighted by molar-refractivity contribution is -0.128. The van der Waals surface area contributed by atoms with Crippen LogP contribution in [-0.4, -0.2) is 38.7 Å². The van der Waals surface area contributed by atoms with Crippen molar-refractivity contribution in [1.29, 1.82) is 0 Å². The van der Waals surface area contributed by atoms with Crippen molar-refractivity contribution in [2.24, 2.45) is 0 Å². The van der Waals surface area contributed by atoms with Gasteiger partial charge in [0.05, 0.1) is 4.90 Å². The second-order valence-electron chi connectivity index (χ2n) is 6.20. The standard InChI is InChI=1S/C20H23N3O4S/c1-4-11-21-28(26,27)19-10-6-8-17(13-19)20(25)22-18-9-5-7-16(12-18)14-23(3)15(2)24/h4-10,12-13,21H,1,11,14H2,2-3H3,(H,22,25). The van der Waals surface area contributed by atoms with Crippen LogP contribution in [0.4, 0.5) is 5.69 Å². The number of sulfonamides is 1. The average Bonchev–Trinajstić information content (AvgIpc) is 2.66. The summed E-state index contributed by atoms with van der Waals surface area (Å²) in [4.78, 5) is 25.5. The normalized spacial score (nSPS) is 10.9. The fourth-order valence-electron chi connectivity index (χ4n) is 2.39. The van der Waals surface area contributed by atoms with Crippen molar-refractivity contribution in [1.82, 2.24) is 9.62 Å². The molecule has 0 aliphatic heterocycles. The quantitative estimate of drug-likeness (QED) is 0.664. The van der Waals surface area contributed by atoms with Crippen LogP contribution in [0.25, 0.3) is 0 Å². The number of hydrogen-bond acceptors (Lipinski definition) is 4. The number of benzene rings is 2. The number of amides is 2. The number of hydrogen-bond donors (Lipinski definition) is 2. The van der Waals surface area contributed by atoms with E-state index in [4.69, 9.17) is 0 Å². The first kappa shape index (κ1) is 21.3. The molecule has 2 aromatic rings. The number of nitrogens with one attached hydrogen (secondary N) is 2. The second-order valence-corrected chi connectivity index (χ2v) is 7.96. The first-order valence-corrected chi connectivity index (χ1v) is 10.0. The molecule has 0 saturated heterocycles. The van der Waals surface area contributed by atoms with Crippen LogP contribution in [0.1, 0.15) is 22.8 Å². The zero-order valence-corrected chi connectivity index (χ0v) is 16.6. The monoisotopic (exact) mass is 401 g/mol. The molecular weight excluding hydrogens is 378 g/mol. The molecule has 0 unspecified atom stereocenters. The minimum atomic E-state index is -3.72. The summed E-state index contributed by atoms with van der Waals surface area (Å²) in [5.74, 6) is -0.490. The maximum absolute atomic E-state index is 12.5. The zero-order valence-electron chi connectivity index (χ0n) is 15.8. The van der Waals surface area contributed by atoms with Gasteiger partial charge in [0.25, 0.3) is 5.91 Å². The van der Waals surface area contributed by atoms with E-state index in [9.17, 15) is 18.0 Å². The van der Waals surface area contributed by atoms with Gasteiger partial charge in [-0.05, 0) is 35.9 Å². The third-order valence-corrected chi connectivity index (χ3v) is 5.39. The van der Waals surface area contributed by atoms with Crippen molar-refractivity contribution in [2.75, 3.05) is 18.9 Å². The molecule has 148 valence electrons. The Morgan fingerprint density at radius 2 is 1.86 bits per heavy atom. The molecule has 0 saturated carbocycles. The van der Waals surface area contributed by atoms with E-state index in [1.54, 1.807) is 30.1 Å². The van der Waals surface area contributed by atoms with Crippen LogP contribution < -0.4 is 10.0 Å². The fourth-order valence-corrected chi connectivity index (χ4v) is 3.44. The van der Waals surface area contributed by atoms with Crippen LogP contribution in [0.2, 0.25) is 0 Å². The van der Waals surface area contributed by atoms with E-state index in [1.807, 2.05) is 6.07 Å². The van der Waals surface area contributed by atoms with Crippen molar-refractivity contribution in [2.45, 2.75) is 18.4 Å². The number of carbonyl (C=O) groups is 2. The Morgan fingerprint density at radius 3 is 2.54 bits per heavy atom. The van der Waals surface area contributed by atoms with Gasteiger partial charge in [0.15, 0.2) is 0 Å². The van der Waals surface area contributed by atoms with E-state index >= 15 is 0 Å². The first-order valence-electron chi connectivity index (χ1n) is 8.55. The van der Waals surface area contributed by atoms with E-state index in [1.165, 1.54) is 37.3 Å². The highest BCUT2D eigenvalue weighted by Gasteiger charge is 2.15. The van der Waals surface area contributed by atoms with Gasteiger partial charge < -0.3 is 10.2 Å². The number of nitrogens with zero attached hydrogens (tertiary/aromatic N) is 1. The highest BCUT2D eigenvalue weighted by Crippen LogP contribution is 2.16. The molecule has 0 radical (unpaired) electrons. The van der Waals surface area contributed by atoms with Gasteiger partial charge in [-0.25, -0.2) is 13.1 Å². The van der Waals surface area contributed by atoms with E-state index in [-0.39, 0.29) is 22.9 Å². The lowest BCUT2D eigenvalue weighted by atomic mass is 10.1. The zero-order chi connectivity index (χ0) is 20.7. The number of anilines is 1. The summed E-state index contributed by atoms with van der Waals surface area (Å²) >= 11 is 0. The van der Waals surface area contributed by atoms with Crippen LogP contribution in [0.5, 0.6) is 0 Å². The summed E-state index contributed by atoms with van der Waals surface area (Å²) in [5, 5.41) is 2.75. The predicted molar refractivity (Wildman–Crippen MR) is 108 cm³/mol. The molecule has 0 heterocycles. The summed E-state index contributed by atoms with van der Waals surface area (Å²) in [6, 6.07) is 12.9. The molecule has 2 N–H and O–H groups in total. The fraction of sp³-hybridized carbons (Fsp3) is 0.200. The smallest absolute Gasteiger partial charge is 0.255 e. The van der Waals surface area contributed by atoms with Gasteiger partial charge in [-0.15, -0.1) is 6.58 Å². The predicted octanol–water partition coefficient (Wildman–Crippen LogP) is 2.38. The Labute approximate surface area is 165 Å². The molecule has 0 bridgehead atoms. The highest BCUT2D eigenvalue weighted by molar-refractivity contribution is 7.89. The van der Waals surface area contributed by atoms with Crippen LogP contribution in [0, 0.1) is 0 Å². The molecule has 28 heavy (non-hydrogen) atoms. The maximum atomic E-state index is 12.5. The molecule has 0 spiro atoms. The molecule has 0 aliphatic rings. The van der Waals surface area contributed by atoms with E-state index in [0.717, 1.165) is 5.56 Å². The minimum Gasteiger partial charge on any atom is -0.342 e. The Hall–Kier alpha value is -2.97. The number of rotatable bonds is 8. The average molecular weight is 401 g/mol. The number of carbonyl (C=O) groups excluding carboxylic acids is 2. The molecule has 0 fully saturated rings. The van der Waals surface area contributed by atoms with E-state index < -0.39 is 15.9 Å². The second kappa shape index (κ2) is 9.29. The van der Waals surface area contributed by atoms with Gasteiger partial charge in [0, 0.05) is 38.3 Å². The molecule has 8 heteroatoms. The van der Waals surface area contributed by atoms with Crippen molar-refractivity contribution in [3.63, 3.8) is 0 Å². The molecule has 2 aromatic carbocycles. The summed E-state index contributed by atoms with van der Waals surface area (Å²) in [6.45, 7) is 5.47. The summed E-state index contributed by atoms with van der Waals surface area (Å²) in [5.41, 5.74) is 1.63. The third-order valence-electron chi connectivity index (χ3n) is 3.97. The van der Waals surface area contributed by atoms with Gasteiger partial charge in [0.2, 0.25) is 15.9 Å². The highest BCUT2D eigenvalue weighted by atomic mass is 32.2. The molecular formula is C20H23N3O4S. The SMILES string of the molecule is C=CCNS(=O)(=O)c1cccc(C(=O)Nc2cccc(CN(C)C(C)=O)c2)c1. The van der Waals surface area contributed by atoms with Gasteiger partial charge >= 0.3 is 0 Å². The Kier molecular flexibility index (Phi) is 7.08. The molecule has 2 amide bonds. The Balaban J connectivity index is 2.16. The van der Waals surface area contributed by atoms with Gasteiger partial charge in [-0.2, -0.15) is 0 Å². The third kappa shape index (κ3) is 5.77. The van der Waals surface area contributed by atoms with Crippen molar-refractivity contribution < 1.29 is 18.0 Å². The van der Waals surface area contributed by atoms with Gasteiger partial charge in [-0.3, -0.25) is 9.59 Å². The Bertz CT molecular complexity index is 986. The molecule has 0 atom stereocenters. The van der Waals surface area contributed by atoms with Crippen LogP contribution in [0.15, 0.2) is 66.1 Å². The van der Waals surface area contributed by atoms with Crippen molar-refractivity contribution in [3.05, 3.63) is 72.3 Å². The van der Waals surface area contributed by atoms with Crippen LogP contribution in [-0.2, 0) is 21.4 Å². The molecule has 7 nitrogen and oxygen atoms in total. The van der Waals surface area contributed by atoms with Gasteiger partial charge in [-0.1, -0.05) is 24.3 Å². The lowest BCUT2D eigenvalue weighted by Gasteiger charge is -2.15. The summed E-state index contributed by atoms with van der Waals surface area (Å²) in [7, 11) is -2.02. The first-order chi connectivity index (χ1) is 13.2. The van der Waals surface area contributed by atoms with Crippen LogP contribution in [0.3, 0.4) is 0 Å². The largest absolute Gasteiger partial charge is 0.342 e. The summed E-state index contributed by atoms with van der Waals surface area (Å²) < 4.78 is 26.8. The minimum absolute atomic E-state index is 0.00108. The summed E-state index contributed by atoms with van der Waals surface area (Å²) in [6.07, 6.45) is 1.44. The Morgan fingerprint density at radius 1 is 1.14 bits per heavy atom. The van der Waals surface area contributed by atoms with E-state index in [2.05, 4.69) is 16.6 Å². The van der Waals surface area contributed by atoms with Crippen molar-refractivity contribution in [3.8, 4) is 0 Å². The molecule has 2 rings (SSSR count). The van der Waals surface area contributed by atoms with Crippen molar-refractivity contribution >= 4 is 27.5 Å². The maximum Gasteiger partial charge on any atom is 0.255 e.